The summed E-state index contributed by atoms with van der Waals surface area (Å²) in [6, 6.07) is 13.0. The standard InChI is InChI=1S/C36H47N5O.C20H34N2O2.2CH4O/c1-6-9-31(38-30-13-8-11-28(26(30)3)27-10-7-12-29(37-4)25(27)2)34-39-32-22-41(20-14-33(32)40(34)5)21-19-35-15-17-36(23-35,24-42)18-16-35;1-17-14-22(13-8-19(17)21(3)18(2)15-23)12-7-6-11-20(16-24)9-4-5-10-20;2*1-2/h7-13,24,37-38H,6,14-23H2,1-5H3;15-16,18H,4-14H2,1-3H3;2*2H,1H3. The van der Waals surface area contributed by atoms with Gasteiger partial charge in [-0.3, -0.25) is 9.80 Å². The van der Waals surface area contributed by atoms with Gasteiger partial charge in [-0.05, 0) is 157 Å². The second-order valence-electron chi connectivity index (χ2n) is 21.1. The SMILES string of the molecule is CC1=C(N(C)C(C)C=O)CCN(CCCCC2(C=O)CCCC2)C1.CCC=C(Nc1cccc(-c2cccc(NC)c2C)c1C)c1nc2c(n1C)CCN(CCC13CCC(C=O)(CC1)C3)C2.CO.CO. The molecule has 5 aliphatic rings. The number of nitrogens with zero attached hydrogens (tertiary/aromatic N) is 5. The van der Waals surface area contributed by atoms with Crippen LogP contribution in [0.4, 0.5) is 11.4 Å². The first kappa shape index (κ1) is 56.3. The van der Waals surface area contributed by atoms with Crippen molar-refractivity contribution in [3.8, 4) is 11.1 Å². The van der Waals surface area contributed by atoms with Gasteiger partial charge in [0.1, 0.15) is 18.9 Å². The van der Waals surface area contributed by atoms with Gasteiger partial charge < -0.3 is 44.7 Å². The predicted octanol–water partition coefficient (Wildman–Crippen LogP) is 10.1. The Morgan fingerprint density at radius 3 is 2.03 bits per heavy atom. The molecule has 0 spiro atoms. The summed E-state index contributed by atoms with van der Waals surface area (Å²) >= 11 is 0. The molecule has 1 atom stereocenters. The van der Waals surface area contributed by atoms with Crippen molar-refractivity contribution >= 4 is 35.9 Å². The molecule has 386 valence electrons. The van der Waals surface area contributed by atoms with Crippen LogP contribution in [0.2, 0.25) is 0 Å². The maximum atomic E-state index is 11.7. The minimum Gasteiger partial charge on any atom is -0.400 e. The van der Waals surface area contributed by atoms with E-state index in [2.05, 4.69) is 107 Å². The number of rotatable bonds is 19. The van der Waals surface area contributed by atoms with E-state index in [1.165, 1.54) is 96.0 Å². The van der Waals surface area contributed by atoms with E-state index in [4.69, 9.17) is 15.2 Å². The van der Waals surface area contributed by atoms with Crippen molar-refractivity contribution in [2.45, 2.75) is 150 Å². The number of carbonyl (C=O) groups is 3. The van der Waals surface area contributed by atoms with E-state index in [-0.39, 0.29) is 16.9 Å². The highest BCUT2D eigenvalue weighted by molar-refractivity contribution is 5.83. The number of aliphatic hydroxyl groups is 2. The van der Waals surface area contributed by atoms with Crippen LogP contribution in [0.25, 0.3) is 16.8 Å². The van der Waals surface area contributed by atoms with Crippen molar-refractivity contribution in [1.82, 2.24) is 24.3 Å². The fourth-order valence-corrected chi connectivity index (χ4v) is 12.4. The molecular formula is C58H89N7O5. The van der Waals surface area contributed by atoms with Crippen molar-refractivity contribution < 1.29 is 24.6 Å². The Kier molecular flexibility index (Phi) is 21.1. The molecule has 0 radical (unpaired) electrons. The van der Waals surface area contributed by atoms with E-state index in [0.717, 1.165) is 147 Å². The van der Waals surface area contributed by atoms with Crippen molar-refractivity contribution in [2.75, 3.05) is 71.7 Å². The van der Waals surface area contributed by atoms with Crippen LogP contribution < -0.4 is 10.6 Å². The highest BCUT2D eigenvalue weighted by Gasteiger charge is 2.53. The number of carbonyl (C=O) groups excluding carboxylic acids is 3. The van der Waals surface area contributed by atoms with Crippen LogP contribution in [0.15, 0.2) is 53.7 Å². The zero-order chi connectivity index (χ0) is 51.1. The maximum Gasteiger partial charge on any atom is 0.156 e. The summed E-state index contributed by atoms with van der Waals surface area (Å²) in [4.78, 5) is 46.6. The molecule has 70 heavy (non-hydrogen) atoms. The second-order valence-corrected chi connectivity index (χ2v) is 21.1. The van der Waals surface area contributed by atoms with Crippen LogP contribution >= 0.6 is 0 Å². The van der Waals surface area contributed by atoms with Crippen molar-refractivity contribution in [2.24, 2.45) is 23.3 Å². The number of hydrogen-bond acceptors (Lipinski definition) is 11. The molecule has 1 aromatic heterocycles. The fraction of sp³-hybridized carbons (Fsp3) is 0.621. The number of anilines is 2. The summed E-state index contributed by atoms with van der Waals surface area (Å²) in [5, 5.41) is 21.1. The number of unbranched alkanes of at least 4 members (excludes halogenated alkanes) is 1. The first-order valence-electron chi connectivity index (χ1n) is 26.3. The number of aliphatic hydroxyl groups excluding tert-OH is 2. The molecule has 8 rings (SSSR count). The van der Waals surface area contributed by atoms with Crippen LogP contribution in [-0.2, 0) is 34.4 Å². The van der Waals surface area contributed by atoms with Crippen LogP contribution in [0.3, 0.4) is 0 Å². The molecule has 2 aromatic carbocycles. The molecule has 3 aliphatic carbocycles. The van der Waals surface area contributed by atoms with Crippen LogP contribution in [-0.4, -0.2) is 120 Å². The van der Waals surface area contributed by atoms with Gasteiger partial charge >= 0.3 is 0 Å². The average molecular weight is 964 g/mol. The summed E-state index contributed by atoms with van der Waals surface area (Å²) in [6.07, 6.45) is 23.9. The van der Waals surface area contributed by atoms with E-state index in [0.29, 0.717) is 5.41 Å². The minimum atomic E-state index is -0.0487. The molecule has 3 saturated carbocycles. The first-order chi connectivity index (χ1) is 33.8. The van der Waals surface area contributed by atoms with Gasteiger partial charge in [0.15, 0.2) is 5.82 Å². The molecule has 3 fully saturated rings. The van der Waals surface area contributed by atoms with E-state index in [1.807, 2.05) is 21.0 Å². The van der Waals surface area contributed by atoms with Gasteiger partial charge in [0, 0.05) is 108 Å². The molecule has 12 nitrogen and oxygen atoms in total. The van der Waals surface area contributed by atoms with Gasteiger partial charge in [-0.15, -0.1) is 0 Å². The predicted molar refractivity (Wildman–Crippen MR) is 288 cm³/mol. The number of aldehydes is 3. The first-order valence-corrected chi connectivity index (χ1v) is 26.3. The smallest absolute Gasteiger partial charge is 0.156 e. The van der Waals surface area contributed by atoms with Gasteiger partial charge in [-0.25, -0.2) is 4.98 Å². The Labute approximate surface area is 421 Å². The number of benzene rings is 2. The third-order valence-corrected chi connectivity index (χ3v) is 16.8. The van der Waals surface area contributed by atoms with Crippen molar-refractivity contribution in [3.05, 3.63) is 82.1 Å². The minimum absolute atomic E-state index is 0.00736. The zero-order valence-electron chi connectivity index (χ0n) is 44.8. The Morgan fingerprint density at radius 1 is 0.814 bits per heavy atom. The Bertz CT molecular complexity index is 2250. The van der Waals surface area contributed by atoms with Crippen molar-refractivity contribution in [1.29, 1.82) is 0 Å². The lowest BCUT2D eigenvalue weighted by atomic mass is 9.80. The molecule has 4 N–H and O–H groups in total. The number of nitrogens with one attached hydrogen (secondary N) is 2. The number of likely N-dealkylation sites (N-methyl/N-ethyl adjacent to an activating group) is 1. The average Bonchev–Trinajstić information content (AvgIpc) is 4.19. The molecule has 2 bridgehead atoms. The summed E-state index contributed by atoms with van der Waals surface area (Å²) in [6.45, 7) is 17.0. The number of fused-ring (bicyclic) bond motifs is 3. The monoisotopic (exact) mass is 964 g/mol. The number of aromatic nitrogens is 2. The van der Waals surface area contributed by atoms with E-state index in [9.17, 15) is 14.4 Å². The molecule has 2 aliphatic heterocycles. The number of allylic oxidation sites excluding steroid dienone is 1. The topological polar surface area (TPSA) is 143 Å². The molecule has 1 unspecified atom stereocenters. The lowest BCUT2D eigenvalue weighted by Crippen LogP contribution is -2.38. The highest BCUT2D eigenvalue weighted by Crippen LogP contribution is 2.62. The normalized spacial score (nSPS) is 22.1. The van der Waals surface area contributed by atoms with Crippen LogP contribution in [0.1, 0.15) is 145 Å². The second kappa shape index (κ2) is 26.2. The van der Waals surface area contributed by atoms with Gasteiger partial charge in [0.25, 0.3) is 0 Å². The fourth-order valence-electron chi connectivity index (χ4n) is 12.4. The summed E-state index contributed by atoms with van der Waals surface area (Å²) in [7, 11) is 8.17. The highest BCUT2D eigenvalue weighted by atomic mass is 16.2. The van der Waals surface area contributed by atoms with E-state index in [1.54, 1.807) is 0 Å². The quantitative estimate of drug-likeness (QED) is 0.0674. The maximum absolute atomic E-state index is 11.7. The molecule has 0 saturated heterocycles. The molecule has 12 heteroatoms. The van der Waals surface area contributed by atoms with Gasteiger partial charge in [-0.2, -0.15) is 0 Å². The summed E-state index contributed by atoms with van der Waals surface area (Å²) < 4.78 is 2.31. The van der Waals surface area contributed by atoms with Gasteiger partial charge in [-0.1, -0.05) is 56.5 Å². The van der Waals surface area contributed by atoms with Crippen molar-refractivity contribution in [3.63, 3.8) is 0 Å². The summed E-state index contributed by atoms with van der Waals surface area (Å²) in [5.41, 5.74) is 14.0. The molecular weight excluding hydrogens is 875 g/mol. The van der Waals surface area contributed by atoms with Gasteiger partial charge in [0.05, 0.1) is 17.4 Å². The van der Waals surface area contributed by atoms with Crippen LogP contribution in [0.5, 0.6) is 0 Å². The number of hydrogen-bond donors (Lipinski definition) is 4. The zero-order valence-corrected chi connectivity index (χ0v) is 44.8. The molecule has 3 heterocycles. The molecule has 3 aromatic rings. The third kappa shape index (κ3) is 13.1. The Balaban J connectivity index is 0.000000278. The lowest BCUT2D eigenvalue weighted by Gasteiger charge is -2.35. The van der Waals surface area contributed by atoms with Gasteiger partial charge in [0.2, 0.25) is 0 Å². The lowest BCUT2D eigenvalue weighted by molar-refractivity contribution is -0.116. The third-order valence-electron chi connectivity index (χ3n) is 16.8. The Hall–Kier alpha value is -4.62. The van der Waals surface area contributed by atoms with E-state index >= 15 is 0 Å². The van der Waals surface area contributed by atoms with Crippen LogP contribution in [0, 0.1) is 30.1 Å². The summed E-state index contributed by atoms with van der Waals surface area (Å²) in [5.74, 6) is 1.02. The molecule has 0 amide bonds. The Morgan fingerprint density at radius 2 is 1.44 bits per heavy atom. The largest absolute Gasteiger partial charge is 0.400 e. The van der Waals surface area contributed by atoms with E-state index < -0.39 is 0 Å². The number of imidazole rings is 1.